The second kappa shape index (κ2) is 71.1. The van der Waals surface area contributed by atoms with Gasteiger partial charge in [0.1, 0.15) is 0 Å². The molecule has 81 heavy (non-hydrogen) atoms. The third-order valence-electron chi connectivity index (χ3n) is 17.8. The Morgan fingerprint density at radius 3 is 0.840 bits per heavy atom. The van der Waals surface area contributed by atoms with Crippen molar-refractivity contribution in [2.24, 2.45) is 0 Å². The summed E-state index contributed by atoms with van der Waals surface area (Å²) in [6.45, 7) is 4.96. The summed E-state index contributed by atoms with van der Waals surface area (Å²) in [6, 6.07) is -0.630. The lowest BCUT2D eigenvalue weighted by Gasteiger charge is -2.20. The lowest BCUT2D eigenvalue weighted by Crippen LogP contribution is -2.45. The Morgan fingerprint density at radius 1 is 0.333 bits per heavy atom. The first-order valence-electron chi connectivity index (χ1n) is 37.5. The highest BCUT2D eigenvalue weighted by atomic mass is 16.5. The number of aliphatic hydroxyl groups is 2. The predicted octanol–water partition coefficient (Wildman–Crippen LogP) is 24.3. The third-order valence-corrected chi connectivity index (χ3v) is 17.8. The molecule has 0 spiro atoms. The number of carbonyl (C=O) groups is 2. The number of carbonyl (C=O) groups excluding carboxylic acids is 2. The maximum absolute atomic E-state index is 12.5. The molecule has 0 aromatic heterocycles. The summed E-state index contributed by atoms with van der Waals surface area (Å²) in [7, 11) is 0. The molecule has 6 nitrogen and oxygen atoms in total. The number of rotatable bonds is 71. The monoisotopic (exact) mass is 1140 g/mol. The van der Waals surface area contributed by atoms with Crippen LogP contribution in [0.25, 0.3) is 0 Å². The summed E-state index contributed by atoms with van der Waals surface area (Å²) in [4.78, 5) is 24.7. The van der Waals surface area contributed by atoms with Crippen molar-refractivity contribution in [2.75, 3.05) is 13.2 Å². The van der Waals surface area contributed by atoms with Crippen LogP contribution in [0.3, 0.4) is 0 Å². The van der Waals surface area contributed by atoms with Crippen LogP contribution in [-0.2, 0) is 14.3 Å². The van der Waals surface area contributed by atoms with Crippen LogP contribution in [0.4, 0.5) is 0 Å². The van der Waals surface area contributed by atoms with Crippen LogP contribution in [0.2, 0.25) is 0 Å². The van der Waals surface area contributed by atoms with Gasteiger partial charge in [0.05, 0.1) is 25.4 Å². The highest BCUT2D eigenvalue weighted by Gasteiger charge is 2.18. The zero-order valence-corrected chi connectivity index (χ0v) is 55.3. The van der Waals surface area contributed by atoms with Gasteiger partial charge in [-0.2, -0.15) is 0 Å². The fourth-order valence-corrected chi connectivity index (χ4v) is 12.1. The molecule has 0 fully saturated rings. The maximum Gasteiger partial charge on any atom is 0.305 e. The number of aliphatic hydroxyl groups excluding tert-OH is 2. The molecule has 1 amide bonds. The van der Waals surface area contributed by atoms with E-state index in [2.05, 4.69) is 19.2 Å². The second-order valence-corrected chi connectivity index (χ2v) is 26.0. The Morgan fingerprint density at radius 2 is 0.568 bits per heavy atom. The van der Waals surface area contributed by atoms with Crippen LogP contribution in [0.1, 0.15) is 431 Å². The van der Waals surface area contributed by atoms with Gasteiger partial charge in [0, 0.05) is 12.8 Å². The SMILES string of the molecule is CCCCCCCCCCCCCCCCCCCCCCCCC/C=C/C(O)C(CO)NC(=O)CCCCCCCCCCCCCCCCCCCCCCOC(=O)CCCCCCCCCCCCCCCCCCCCC. The minimum absolute atomic E-state index is 0.0163. The van der Waals surface area contributed by atoms with Crippen molar-refractivity contribution in [1.82, 2.24) is 5.32 Å². The Bertz CT molecular complexity index is 1220. The van der Waals surface area contributed by atoms with Gasteiger partial charge in [0.15, 0.2) is 0 Å². The molecule has 0 bridgehead atoms. The van der Waals surface area contributed by atoms with Crippen molar-refractivity contribution in [1.29, 1.82) is 0 Å². The molecule has 0 radical (unpaired) electrons. The average molecular weight is 1140 g/mol. The van der Waals surface area contributed by atoms with Crippen LogP contribution >= 0.6 is 0 Å². The summed E-state index contributed by atoms with van der Waals surface area (Å²) in [5.74, 6) is -0.0479. The number of nitrogens with one attached hydrogen (secondary N) is 1. The first-order chi connectivity index (χ1) is 40.0. The number of unbranched alkanes of at least 4 members (excludes halogenated alkanes) is 60. The van der Waals surface area contributed by atoms with Gasteiger partial charge in [0.25, 0.3) is 0 Å². The van der Waals surface area contributed by atoms with Crippen LogP contribution < -0.4 is 5.32 Å². The van der Waals surface area contributed by atoms with E-state index in [1.54, 1.807) is 6.08 Å². The van der Waals surface area contributed by atoms with Crippen molar-refractivity contribution in [3.05, 3.63) is 12.2 Å². The summed E-state index contributed by atoms with van der Waals surface area (Å²) in [5.41, 5.74) is 0. The van der Waals surface area contributed by atoms with Crippen molar-refractivity contribution >= 4 is 11.9 Å². The Balaban J connectivity index is 3.39. The number of hydrogen-bond acceptors (Lipinski definition) is 5. The van der Waals surface area contributed by atoms with E-state index in [9.17, 15) is 19.8 Å². The Labute approximate surface area is 508 Å². The molecule has 0 rings (SSSR count). The van der Waals surface area contributed by atoms with E-state index < -0.39 is 12.1 Å². The third kappa shape index (κ3) is 67.6. The van der Waals surface area contributed by atoms with E-state index in [-0.39, 0.29) is 18.5 Å². The van der Waals surface area contributed by atoms with Gasteiger partial charge in [-0.3, -0.25) is 9.59 Å². The van der Waals surface area contributed by atoms with E-state index in [1.807, 2.05) is 6.08 Å². The van der Waals surface area contributed by atoms with Gasteiger partial charge in [-0.25, -0.2) is 0 Å². The Hall–Kier alpha value is -1.40. The minimum atomic E-state index is -0.847. The summed E-state index contributed by atoms with van der Waals surface area (Å²) in [6.07, 6.45) is 88.7. The van der Waals surface area contributed by atoms with Crippen molar-refractivity contribution in [2.45, 2.75) is 443 Å². The average Bonchev–Trinajstić information content (AvgIpc) is 3.47. The first kappa shape index (κ1) is 79.6. The zero-order valence-electron chi connectivity index (χ0n) is 55.3. The van der Waals surface area contributed by atoms with Gasteiger partial charge >= 0.3 is 5.97 Å². The van der Waals surface area contributed by atoms with Crippen LogP contribution in [-0.4, -0.2) is 47.4 Å². The van der Waals surface area contributed by atoms with Crippen LogP contribution in [0.5, 0.6) is 0 Å². The largest absolute Gasteiger partial charge is 0.466 e. The topological polar surface area (TPSA) is 95.9 Å². The summed E-state index contributed by atoms with van der Waals surface area (Å²) >= 11 is 0. The van der Waals surface area contributed by atoms with Crippen molar-refractivity contribution < 1.29 is 24.5 Å². The van der Waals surface area contributed by atoms with E-state index >= 15 is 0 Å². The molecule has 0 saturated carbocycles. The highest BCUT2D eigenvalue weighted by molar-refractivity contribution is 5.76. The van der Waals surface area contributed by atoms with Gasteiger partial charge in [-0.15, -0.1) is 0 Å². The van der Waals surface area contributed by atoms with E-state index in [0.29, 0.717) is 19.4 Å². The first-order valence-corrected chi connectivity index (χ1v) is 37.5. The number of amides is 1. The predicted molar refractivity (Wildman–Crippen MR) is 357 cm³/mol. The van der Waals surface area contributed by atoms with Gasteiger partial charge in [-0.1, -0.05) is 398 Å². The molecule has 482 valence electrons. The molecule has 2 unspecified atom stereocenters. The molecule has 2 atom stereocenters. The number of allylic oxidation sites excluding steroid dienone is 1. The fourth-order valence-electron chi connectivity index (χ4n) is 12.1. The smallest absolute Gasteiger partial charge is 0.305 e. The second-order valence-electron chi connectivity index (χ2n) is 26.0. The molecule has 0 aliphatic heterocycles. The van der Waals surface area contributed by atoms with E-state index in [4.69, 9.17) is 4.74 Å². The highest BCUT2D eigenvalue weighted by Crippen LogP contribution is 2.20. The van der Waals surface area contributed by atoms with Crippen molar-refractivity contribution in [3.8, 4) is 0 Å². The standard InChI is InChI=1S/C75H147NO5/c1-3-5-7-9-11-13-15-17-19-21-23-24-25-26-27-28-32-35-39-43-47-51-55-59-63-67-73(78)72(71-77)76-74(79)68-64-60-56-52-48-44-40-36-33-29-30-34-38-42-46-50-54-58-62-66-70-81-75(80)69-65-61-57-53-49-45-41-37-31-22-20-18-16-14-12-10-8-6-4-2/h63,67,72-73,77-78H,3-62,64-66,68-71H2,1-2H3,(H,76,79)/b67-63+. The zero-order chi connectivity index (χ0) is 58.5. The molecule has 0 aliphatic carbocycles. The van der Waals surface area contributed by atoms with Crippen LogP contribution in [0, 0.1) is 0 Å². The summed E-state index contributed by atoms with van der Waals surface area (Å²) in [5, 5.41) is 23.3. The molecule has 0 heterocycles. The fraction of sp³-hybridized carbons (Fsp3) is 0.947. The lowest BCUT2D eigenvalue weighted by atomic mass is 10.0. The number of hydrogen-bond donors (Lipinski definition) is 3. The van der Waals surface area contributed by atoms with Crippen LogP contribution in [0.15, 0.2) is 12.2 Å². The Kier molecular flexibility index (Phi) is 69.9. The van der Waals surface area contributed by atoms with Gasteiger partial charge in [0.2, 0.25) is 5.91 Å². The molecular weight excluding hydrogens is 995 g/mol. The number of ether oxygens (including phenoxy) is 1. The molecule has 3 N–H and O–H groups in total. The molecular formula is C75H147NO5. The maximum atomic E-state index is 12.5. The molecule has 0 aromatic rings. The minimum Gasteiger partial charge on any atom is -0.466 e. The molecule has 0 saturated heterocycles. The van der Waals surface area contributed by atoms with E-state index in [1.165, 1.54) is 366 Å². The molecule has 0 aliphatic rings. The molecule has 6 heteroatoms. The van der Waals surface area contributed by atoms with E-state index in [0.717, 1.165) is 38.5 Å². The van der Waals surface area contributed by atoms with Gasteiger partial charge in [-0.05, 0) is 32.1 Å². The molecule has 0 aromatic carbocycles. The number of esters is 1. The summed E-state index contributed by atoms with van der Waals surface area (Å²) < 4.78 is 5.51. The van der Waals surface area contributed by atoms with Gasteiger partial charge < -0.3 is 20.3 Å². The normalized spacial score (nSPS) is 12.5. The van der Waals surface area contributed by atoms with Crippen molar-refractivity contribution in [3.63, 3.8) is 0 Å². The lowest BCUT2D eigenvalue weighted by molar-refractivity contribution is -0.143. The quantitative estimate of drug-likeness (QED) is 0.0320.